The molecular weight excluding hydrogens is 450 g/mol. The van der Waals surface area contributed by atoms with Crippen molar-refractivity contribution < 1.29 is 24.0 Å². The van der Waals surface area contributed by atoms with E-state index in [1.54, 1.807) is 30.3 Å². The van der Waals surface area contributed by atoms with Gasteiger partial charge in [0.2, 0.25) is 0 Å². The summed E-state index contributed by atoms with van der Waals surface area (Å²) in [6, 6.07) is 11.3. The molecule has 9 heteroatoms. The highest BCUT2D eigenvalue weighted by molar-refractivity contribution is 6.07. The highest BCUT2D eigenvalue weighted by atomic mass is 16.6. The number of carbonyl (C=O) groups is 2. The molecule has 1 aliphatic heterocycles. The molecule has 4 aliphatic rings. The Balaban J connectivity index is 1.14. The Kier molecular flexibility index (Phi) is 4.77. The smallest absolute Gasteiger partial charge is 0.269 e. The third kappa shape index (κ3) is 3.25. The van der Waals surface area contributed by atoms with Crippen molar-refractivity contribution in [1.29, 1.82) is 0 Å². The van der Waals surface area contributed by atoms with Crippen molar-refractivity contribution in [3.8, 4) is 11.5 Å². The molecule has 2 aromatic carbocycles. The quantitative estimate of drug-likeness (QED) is 0.199. The molecule has 9 nitrogen and oxygen atoms in total. The summed E-state index contributed by atoms with van der Waals surface area (Å²) in [6.07, 6.45) is 7.96. The van der Waals surface area contributed by atoms with Crippen LogP contribution in [0.25, 0.3) is 0 Å². The van der Waals surface area contributed by atoms with Gasteiger partial charge >= 0.3 is 0 Å². The number of fused-ring (bicyclic) bond motifs is 3. The van der Waals surface area contributed by atoms with E-state index in [1.807, 2.05) is 0 Å². The summed E-state index contributed by atoms with van der Waals surface area (Å²) in [4.78, 5) is 36.5. The number of ether oxygens (including phenoxy) is 2. The van der Waals surface area contributed by atoms with Crippen LogP contribution in [0.5, 0.6) is 11.5 Å². The summed E-state index contributed by atoms with van der Waals surface area (Å²) >= 11 is 0. The molecule has 4 atom stereocenters. The topological polar surface area (TPSA) is 111 Å². The zero-order chi connectivity index (χ0) is 24.3. The standard InChI is InChI=1S/C26H23N3O6/c1-34-21-12-16(4-9-20(21)35-14-15-2-5-17(6-3-15)29(32)33)13-27-28-24(30)22-18-7-8-19(23(22)25(28)31)26(18)10-11-26/h2-9,12-13,18-19,22-23H,10-11,14H2,1H3/b27-13-/t18-,19-,22-,23+/m0/s1. The maximum absolute atomic E-state index is 13.1. The molecule has 0 radical (unpaired) electrons. The Hall–Kier alpha value is -4.01. The second-order valence-corrected chi connectivity index (χ2v) is 9.58. The third-order valence-electron chi connectivity index (χ3n) is 7.88. The molecule has 0 aromatic heterocycles. The number of carbonyl (C=O) groups excluding carboxylic acids is 2. The molecule has 1 heterocycles. The van der Waals surface area contributed by atoms with Crippen LogP contribution in [0.2, 0.25) is 0 Å². The zero-order valence-electron chi connectivity index (χ0n) is 19.0. The number of rotatable bonds is 7. The SMILES string of the molecule is COc1cc(/C=N\N2C(=O)[C@@H]3[C@H](C2=O)[C@@H]2C=C[C@@H]3C23CC3)ccc1OCc1ccc([N+](=O)[O-])cc1. The summed E-state index contributed by atoms with van der Waals surface area (Å²) in [7, 11) is 1.51. The first-order chi connectivity index (χ1) is 16.9. The molecule has 3 aliphatic carbocycles. The lowest BCUT2D eigenvalue weighted by Gasteiger charge is -2.18. The average Bonchev–Trinajstić information content (AvgIpc) is 3.47. The van der Waals surface area contributed by atoms with Crippen LogP contribution in [0.15, 0.2) is 59.7 Å². The van der Waals surface area contributed by atoms with Gasteiger partial charge in [0.05, 0.1) is 30.1 Å². The molecule has 2 amide bonds. The molecule has 3 fully saturated rings. The Morgan fingerprint density at radius 1 is 1.06 bits per heavy atom. The maximum atomic E-state index is 13.1. The molecule has 6 rings (SSSR count). The number of non-ortho nitro benzene ring substituents is 1. The predicted octanol–water partition coefficient (Wildman–Crippen LogP) is 3.71. The van der Waals surface area contributed by atoms with E-state index < -0.39 is 4.92 Å². The van der Waals surface area contributed by atoms with Crippen molar-refractivity contribution in [2.24, 2.45) is 34.2 Å². The number of allylic oxidation sites excluding steroid dienone is 2. The number of hydrazone groups is 1. The molecule has 2 aromatic rings. The minimum Gasteiger partial charge on any atom is -0.493 e. The van der Waals surface area contributed by atoms with E-state index in [0.29, 0.717) is 17.1 Å². The number of benzene rings is 2. The normalized spacial score (nSPS) is 27.2. The number of methoxy groups -OCH3 is 1. The molecular formula is C26H23N3O6. The number of hydrogen-bond donors (Lipinski definition) is 0. The Morgan fingerprint density at radius 3 is 2.29 bits per heavy atom. The zero-order valence-corrected chi connectivity index (χ0v) is 19.0. The van der Waals surface area contributed by atoms with Gasteiger partial charge < -0.3 is 9.47 Å². The predicted molar refractivity (Wildman–Crippen MR) is 125 cm³/mol. The third-order valence-corrected chi connectivity index (χ3v) is 7.88. The molecule has 35 heavy (non-hydrogen) atoms. The largest absolute Gasteiger partial charge is 0.493 e. The van der Waals surface area contributed by atoms with Crippen molar-refractivity contribution in [1.82, 2.24) is 5.01 Å². The van der Waals surface area contributed by atoms with Crippen molar-refractivity contribution in [2.75, 3.05) is 7.11 Å². The fraction of sp³-hybridized carbons (Fsp3) is 0.346. The lowest BCUT2D eigenvalue weighted by atomic mass is 9.85. The van der Waals surface area contributed by atoms with Crippen molar-refractivity contribution in [3.05, 3.63) is 75.9 Å². The number of imide groups is 1. The Bertz CT molecular complexity index is 1260. The minimum atomic E-state index is -0.450. The minimum absolute atomic E-state index is 0.0181. The number of nitro groups is 1. The fourth-order valence-corrected chi connectivity index (χ4v) is 6.06. The van der Waals surface area contributed by atoms with Gasteiger partial charge in [-0.2, -0.15) is 10.1 Å². The summed E-state index contributed by atoms with van der Waals surface area (Å²) in [5.41, 5.74) is 1.61. The van der Waals surface area contributed by atoms with E-state index in [0.717, 1.165) is 23.4 Å². The molecule has 178 valence electrons. The summed E-state index contributed by atoms with van der Waals surface area (Å²) < 4.78 is 11.3. The van der Waals surface area contributed by atoms with Crippen LogP contribution in [-0.4, -0.2) is 35.1 Å². The Morgan fingerprint density at radius 2 is 1.71 bits per heavy atom. The van der Waals surface area contributed by atoms with Gasteiger partial charge in [0.15, 0.2) is 11.5 Å². The summed E-state index contributed by atoms with van der Waals surface area (Å²) in [5.74, 6) is 0.336. The summed E-state index contributed by atoms with van der Waals surface area (Å²) in [5, 5.41) is 16.1. The van der Waals surface area contributed by atoms with Gasteiger partial charge in [-0.3, -0.25) is 19.7 Å². The van der Waals surface area contributed by atoms with Crippen molar-refractivity contribution in [2.45, 2.75) is 19.4 Å². The number of nitrogens with zero attached hydrogens (tertiary/aromatic N) is 3. The maximum Gasteiger partial charge on any atom is 0.269 e. The first-order valence-electron chi connectivity index (χ1n) is 11.6. The molecule has 1 spiro atoms. The number of amides is 2. The van der Waals surface area contributed by atoms with E-state index >= 15 is 0 Å². The van der Waals surface area contributed by atoms with Crippen LogP contribution >= 0.6 is 0 Å². The lowest BCUT2D eigenvalue weighted by molar-refractivity contribution is -0.384. The molecule has 0 N–H and O–H groups in total. The number of hydrogen-bond acceptors (Lipinski definition) is 7. The van der Waals surface area contributed by atoms with E-state index in [2.05, 4.69) is 17.3 Å². The summed E-state index contributed by atoms with van der Waals surface area (Å²) in [6.45, 7) is 0.208. The number of nitro benzene ring substituents is 1. The second-order valence-electron chi connectivity index (χ2n) is 9.58. The van der Waals surface area contributed by atoms with E-state index in [-0.39, 0.29) is 53.2 Å². The van der Waals surface area contributed by atoms with E-state index in [9.17, 15) is 19.7 Å². The van der Waals surface area contributed by atoms with E-state index in [4.69, 9.17) is 9.47 Å². The van der Waals surface area contributed by atoms with Gasteiger partial charge in [-0.05, 0) is 71.6 Å². The van der Waals surface area contributed by atoms with Crippen molar-refractivity contribution >= 4 is 23.7 Å². The average molecular weight is 473 g/mol. The molecule has 1 saturated heterocycles. The van der Waals surface area contributed by atoms with Crippen LogP contribution in [0.4, 0.5) is 5.69 Å². The van der Waals surface area contributed by atoms with Crippen molar-refractivity contribution in [3.63, 3.8) is 0 Å². The monoisotopic (exact) mass is 473 g/mol. The van der Waals surface area contributed by atoms with Gasteiger partial charge in [-0.1, -0.05) is 12.2 Å². The molecule has 2 bridgehead atoms. The highest BCUT2D eigenvalue weighted by Gasteiger charge is 2.73. The van der Waals surface area contributed by atoms with Gasteiger partial charge in [0, 0.05) is 12.1 Å². The van der Waals surface area contributed by atoms with Crippen LogP contribution in [0, 0.1) is 39.2 Å². The van der Waals surface area contributed by atoms with Crippen LogP contribution < -0.4 is 9.47 Å². The van der Waals surface area contributed by atoms with Crippen LogP contribution in [0.1, 0.15) is 24.0 Å². The van der Waals surface area contributed by atoms with Crippen LogP contribution in [0.3, 0.4) is 0 Å². The highest BCUT2D eigenvalue weighted by Crippen LogP contribution is 2.73. The Labute approximate surface area is 201 Å². The van der Waals surface area contributed by atoms with Gasteiger partial charge in [-0.25, -0.2) is 0 Å². The molecule has 0 unspecified atom stereocenters. The first-order valence-corrected chi connectivity index (χ1v) is 11.6. The fourth-order valence-electron chi connectivity index (χ4n) is 6.06. The van der Waals surface area contributed by atoms with Crippen LogP contribution in [-0.2, 0) is 16.2 Å². The van der Waals surface area contributed by atoms with Gasteiger partial charge in [0.1, 0.15) is 6.61 Å². The van der Waals surface area contributed by atoms with Gasteiger partial charge in [-0.15, -0.1) is 0 Å². The first kappa shape index (κ1) is 21.5. The van der Waals surface area contributed by atoms with Gasteiger partial charge in [0.25, 0.3) is 17.5 Å². The molecule has 2 saturated carbocycles. The second kappa shape index (κ2) is 7.76. The van der Waals surface area contributed by atoms with E-state index in [1.165, 1.54) is 25.5 Å². The lowest BCUT2D eigenvalue weighted by Crippen LogP contribution is -2.30.